The first-order chi connectivity index (χ1) is 45.8. The molecule has 0 heterocycles. The molecule has 34 nitrogen and oxygen atoms in total. The fraction of sp³-hybridized carbons (Fsp3) is 0.833. The zero-order valence-electron chi connectivity index (χ0n) is 55.2. The number of nitrogens with one attached hydrogen (secondary N) is 5. The molecule has 7 N–H and O–H groups in total. The fourth-order valence-corrected chi connectivity index (χ4v) is 6.86. The van der Waals surface area contributed by atoms with E-state index in [1.165, 1.54) is 6.92 Å². The molecule has 0 aliphatic carbocycles. The second kappa shape index (κ2) is 70.6. The summed E-state index contributed by atoms with van der Waals surface area (Å²) in [6.07, 6.45) is 3.56. The van der Waals surface area contributed by atoms with Gasteiger partial charge in [0, 0.05) is 84.8 Å². The molecule has 0 aliphatic rings. The zero-order valence-corrected chi connectivity index (χ0v) is 55.2. The minimum absolute atomic E-state index is 0.0257. The van der Waals surface area contributed by atoms with Crippen LogP contribution in [0.4, 0.5) is 0 Å². The number of nitrogens with two attached hydrogens (primary N) is 1. The van der Waals surface area contributed by atoms with Crippen molar-refractivity contribution < 1.29 is 133 Å². The Kier molecular flexibility index (Phi) is 66.7. The van der Waals surface area contributed by atoms with Gasteiger partial charge in [-0.2, -0.15) is 0 Å². The van der Waals surface area contributed by atoms with Crippen molar-refractivity contribution in [2.75, 3.05) is 271 Å². The summed E-state index contributed by atoms with van der Waals surface area (Å²) in [5.41, 5.74) is 4.96. The van der Waals surface area contributed by atoms with E-state index in [-0.39, 0.29) is 290 Å². The van der Waals surface area contributed by atoms with E-state index in [0.717, 1.165) is 0 Å². The molecular formula is C60H108N6O28. The molecule has 0 rings (SSSR count). The lowest BCUT2D eigenvalue weighted by molar-refractivity contribution is -0.128. The van der Waals surface area contributed by atoms with Crippen molar-refractivity contribution in [3.05, 3.63) is 0 Å². The van der Waals surface area contributed by atoms with Gasteiger partial charge in [0.25, 0.3) is 0 Å². The Balaban J connectivity index is 3.42. The summed E-state index contributed by atoms with van der Waals surface area (Å²) < 4.78 is 95.9. The van der Waals surface area contributed by atoms with E-state index in [0.29, 0.717) is 84.7 Å². The molecule has 0 saturated heterocycles. The van der Waals surface area contributed by atoms with Crippen LogP contribution in [0.2, 0.25) is 0 Å². The van der Waals surface area contributed by atoms with Crippen molar-refractivity contribution >= 4 is 58.6 Å². The number of amides is 6. The van der Waals surface area contributed by atoms with E-state index >= 15 is 0 Å². The van der Waals surface area contributed by atoms with Crippen LogP contribution in [-0.2, 0) is 133 Å². The monoisotopic (exact) mass is 1360 g/mol. The molecule has 6 amide bonds. The minimum Gasteiger partial charge on any atom is -0.379 e. The molecule has 546 valence electrons. The number of hydrogen-bond acceptors (Lipinski definition) is 28. The molecular weight excluding hydrogens is 1250 g/mol. The van der Waals surface area contributed by atoms with Crippen molar-refractivity contribution in [1.29, 1.82) is 0 Å². The van der Waals surface area contributed by atoms with Crippen LogP contribution >= 0.6 is 0 Å². The Labute approximate surface area is 551 Å². The number of hydrogen-bond donors (Lipinski definition) is 6. The Morgan fingerprint density at radius 3 is 0.617 bits per heavy atom. The molecule has 0 saturated carbocycles. The van der Waals surface area contributed by atoms with Gasteiger partial charge in [-0.1, -0.05) is 0 Å². The Morgan fingerprint density at radius 2 is 0.404 bits per heavy atom. The molecule has 0 fully saturated rings. The molecule has 0 aromatic carbocycles. The number of Topliss-reactive ketones (excluding diaryl/α,β-unsaturated/α-hetero) is 4. The van der Waals surface area contributed by atoms with Gasteiger partial charge in [-0.25, -0.2) is 0 Å². The van der Waals surface area contributed by atoms with Gasteiger partial charge in [-0.05, 0) is 32.6 Å². The van der Waals surface area contributed by atoms with E-state index in [1.807, 2.05) is 0 Å². The number of carbonyl (C=O) groups is 10. The highest BCUT2D eigenvalue weighted by Gasteiger charge is 2.10. The average Bonchev–Trinajstić information content (AvgIpc) is 3.57. The lowest BCUT2D eigenvalue weighted by Crippen LogP contribution is -2.32. The van der Waals surface area contributed by atoms with Crippen LogP contribution in [0.3, 0.4) is 0 Å². The largest absolute Gasteiger partial charge is 0.379 e. The summed E-state index contributed by atoms with van der Waals surface area (Å²) in [7, 11) is 0. The highest BCUT2D eigenvalue weighted by Crippen LogP contribution is 1.98. The number of carbonyl (C=O) groups excluding carboxylic acids is 10. The summed E-state index contributed by atoms with van der Waals surface area (Å²) in [6.45, 7) is 9.10. The van der Waals surface area contributed by atoms with Crippen molar-refractivity contribution in [2.24, 2.45) is 5.73 Å². The van der Waals surface area contributed by atoms with Crippen molar-refractivity contribution in [2.45, 2.75) is 58.3 Å². The van der Waals surface area contributed by atoms with Crippen molar-refractivity contribution in [1.82, 2.24) is 26.6 Å². The summed E-state index contributed by atoms with van der Waals surface area (Å²) >= 11 is 0. The zero-order chi connectivity index (χ0) is 68.7. The van der Waals surface area contributed by atoms with Gasteiger partial charge >= 0.3 is 0 Å². The standard InChI is InChI=1S/C60H108N6O28/c1-51(67)6-2-15-77-25-37-90-46-56(72)65-13-22-84-31-41-94-50-60(76)66-14-23-85-32-40-93-49-59(75)64-12-21-83-30-35-88-44-54(70)9-5-18-80-27-39-92-48-58(74)63-11-20-82-29-34-87-43-53(69)8-4-17-79-26-38-91-47-57(73)62-10-19-81-28-33-86-42-52(68)7-3-16-78-24-36-89-45-55(61)71/h2-50H2,1H3,(H2,61,71)(H,62,73)(H,63,74)(H,64,75)(H,65,72)(H,66,76). The maximum absolute atomic E-state index is 12.1. The first-order valence-corrected chi connectivity index (χ1v) is 31.8. The van der Waals surface area contributed by atoms with Gasteiger partial charge in [-0.15, -0.1) is 0 Å². The van der Waals surface area contributed by atoms with E-state index in [9.17, 15) is 47.9 Å². The molecule has 0 unspecified atom stereocenters. The van der Waals surface area contributed by atoms with E-state index in [2.05, 4.69) is 26.6 Å². The number of ketones is 4. The smallest absolute Gasteiger partial charge is 0.246 e. The third-order valence-electron chi connectivity index (χ3n) is 11.4. The van der Waals surface area contributed by atoms with E-state index in [4.69, 9.17) is 91.0 Å². The Morgan fingerprint density at radius 1 is 0.223 bits per heavy atom. The van der Waals surface area contributed by atoms with Crippen molar-refractivity contribution in [3.8, 4) is 0 Å². The van der Waals surface area contributed by atoms with Gasteiger partial charge < -0.3 is 122 Å². The van der Waals surface area contributed by atoms with Gasteiger partial charge in [0.1, 0.15) is 65.2 Å². The van der Waals surface area contributed by atoms with Gasteiger partial charge in [0.15, 0.2) is 17.3 Å². The second-order valence-electron chi connectivity index (χ2n) is 19.9. The van der Waals surface area contributed by atoms with E-state index < -0.39 is 5.91 Å². The fourth-order valence-electron chi connectivity index (χ4n) is 6.86. The topological polar surface area (TPSA) is 423 Å². The maximum atomic E-state index is 12.1. The molecule has 0 aliphatic heterocycles. The van der Waals surface area contributed by atoms with Gasteiger partial charge in [0.2, 0.25) is 35.4 Å². The second-order valence-corrected chi connectivity index (χ2v) is 19.9. The third kappa shape index (κ3) is 72.6. The van der Waals surface area contributed by atoms with Gasteiger partial charge in [-0.3, -0.25) is 43.2 Å². The molecule has 0 radical (unpaired) electrons. The van der Waals surface area contributed by atoms with Crippen LogP contribution in [0.15, 0.2) is 0 Å². The summed E-state index contributed by atoms with van der Waals surface area (Å²) in [6, 6.07) is 0. The molecule has 0 aromatic rings. The predicted octanol–water partition coefficient (Wildman–Crippen LogP) is -3.23. The molecule has 0 spiro atoms. The lowest BCUT2D eigenvalue weighted by atomic mass is 10.2. The number of rotatable bonds is 76. The molecule has 34 heteroatoms. The first-order valence-electron chi connectivity index (χ1n) is 31.8. The molecule has 0 aromatic heterocycles. The maximum Gasteiger partial charge on any atom is 0.246 e. The average molecular weight is 1360 g/mol. The van der Waals surface area contributed by atoms with Crippen LogP contribution in [0.5, 0.6) is 0 Å². The van der Waals surface area contributed by atoms with Crippen LogP contribution < -0.4 is 32.3 Å². The number of ether oxygens (including phenoxy) is 18. The molecule has 94 heavy (non-hydrogen) atoms. The minimum atomic E-state index is -0.546. The Bertz CT molecular complexity index is 1800. The van der Waals surface area contributed by atoms with Crippen LogP contribution in [0, 0.1) is 0 Å². The van der Waals surface area contributed by atoms with Crippen LogP contribution in [0.1, 0.15) is 58.3 Å². The van der Waals surface area contributed by atoms with Crippen LogP contribution in [0.25, 0.3) is 0 Å². The van der Waals surface area contributed by atoms with Gasteiger partial charge in [0.05, 0.1) is 152 Å². The Hall–Kier alpha value is -5.22. The molecule has 0 bridgehead atoms. The first kappa shape index (κ1) is 88.8. The lowest BCUT2D eigenvalue weighted by Gasteiger charge is -2.09. The number of primary amides is 1. The van der Waals surface area contributed by atoms with Crippen molar-refractivity contribution in [3.63, 3.8) is 0 Å². The SMILES string of the molecule is CC(=O)CCCOCCOCC(=O)NCCOCCOCC(=O)NCCOCCOCC(=O)NCCOCCOCC(=O)CCCOCCOCC(=O)NCCOCCOCC(=O)CCCOCCOCC(=O)NCCOCCOCC(=O)CCCOCCOCC(N)=O. The van der Waals surface area contributed by atoms with E-state index in [1.54, 1.807) is 0 Å². The predicted molar refractivity (Wildman–Crippen MR) is 332 cm³/mol. The highest BCUT2D eigenvalue weighted by atomic mass is 16.6. The summed E-state index contributed by atoms with van der Waals surface area (Å²) in [5, 5.41) is 13.3. The highest BCUT2D eigenvalue weighted by molar-refractivity contribution is 5.81. The third-order valence-corrected chi connectivity index (χ3v) is 11.4. The van der Waals surface area contributed by atoms with Crippen LogP contribution in [-0.4, -0.2) is 329 Å². The normalized spacial score (nSPS) is 11.2. The quantitative estimate of drug-likeness (QED) is 0.0326. The molecule has 0 atom stereocenters. The summed E-state index contributed by atoms with van der Waals surface area (Å²) in [5.74, 6) is -2.18. The summed E-state index contributed by atoms with van der Waals surface area (Å²) in [4.78, 5) is 117.